The summed E-state index contributed by atoms with van der Waals surface area (Å²) in [6.07, 6.45) is 3.45. The van der Waals surface area contributed by atoms with E-state index in [1.54, 1.807) is 31.4 Å². The Morgan fingerprint density at radius 2 is 2.04 bits per heavy atom. The fourth-order valence-corrected chi connectivity index (χ4v) is 4.69. The highest BCUT2D eigenvalue weighted by atomic mass is 16.5. The number of hydrogen-bond donors (Lipinski definition) is 2. The standard InChI is InChI=1S/C20H28N2O3/c1-19(2)14-8-9-20(19,3)16(11-14)22-17(23)12-21-18(24)13-6-5-7-15(10-13)25-4/h5-7,10,14,16H,8-9,11-12H2,1-4H3,(H,21,24)(H,22,23). The van der Waals surface area contributed by atoms with Gasteiger partial charge in [0, 0.05) is 11.6 Å². The molecule has 2 N–H and O–H groups in total. The molecule has 1 aromatic carbocycles. The molecule has 5 heteroatoms. The molecule has 3 unspecified atom stereocenters. The van der Waals surface area contributed by atoms with Gasteiger partial charge in [-0.3, -0.25) is 9.59 Å². The predicted octanol–water partition coefficient (Wildman–Crippen LogP) is 2.76. The molecule has 136 valence electrons. The highest BCUT2D eigenvalue weighted by molar-refractivity contribution is 5.96. The lowest BCUT2D eigenvalue weighted by atomic mass is 9.69. The van der Waals surface area contributed by atoms with E-state index in [1.807, 2.05) is 0 Å². The first-order chi connectivity index (χ1) is 11.8. The Kier molecular flexibility index (Phi) is 4.52. The lowest BCUT2D eigenvalue weighted by Gasteiger charge is -2.39. The molecule has 2 saturated carbocycles. The molecular weight excluding hydrogens is 316 g/mol. The Bertz CT molecular complexity index is 685. The van der Waals surface area contributed by atoms with Gasteiger partial charge in [0.05, 0.1) is 13.7 Å². The van der Waals surface area contributed by atoms with Crippen LogP contribution in [-0.4, -0.2) is 31.5 Å². The van der Waals surface area contributed by atoms with Crippen molar-refractivity contribution in [2.45, 2.75) is 46.1 Å². The lowest BCUT2D eigenvalue weighted by Crippen LogP contribution is -2.49. The van der Waals surface area contributed by atoms with Crippen molar-refractivity contribution < 1.29 is 14.3 Å². The third-order valence-electron chi connectivity index (χ3n) is 6.87. The molecule has 3 rings (SSSR count). The second kappa shape index (κ2) is 6.36. The summed E-state index contributed by atoms with van der Waals surface area (Å²) in [5.41, 5.74) is 0.888. The number of rotatable bonds is 5. The van der Waals surface area contributed by atoms with E-state index in [1.165, 1.54) is 6.42 Å². The van der Waals surface area contributed by atoms with Crippen molar-refractivity contribution in [3.05, 3.63) is 29.8 Å². The topological polar surface area (TPSA) is 67.4 Å². The van der Waals surface area contributed by atoms with Gasteiger partial charge in [-0.05, 0) is 54.2 Å². The Morgan fingerprint density at radius 3 is 2.64 bits per heavy atom. The van der Waals surface area contributed by atoms with Crippen LogP contribution in [0.3, 0.4) is 0 Å². The Hall–Kier alpha value is -2.04. The molecule has 0 saturated heterocycles. The van der Waals surface area contributed by atoms with Gasteiger partial charge in [-0.1, -0.05) is 26.8 Å². The average Bonchev–Trinajstić information content (AvgIpc) is 2.93. The smallest absolute Gasteiger partial charge is 0.251 e. The van der Waals surface area contributed by atoms with Gasteiger partial charge in [-0.2, -0.15) is 0 Å². The summed E-state index contributed by atoms with van der Waals surface area (Å²) in [7, 11) is 1.56. The summed E-state index contributed by atoms with van der Waals surface area (Å²) in [4.78, 5) is 24.5. The first-order valence-electron chi connectivity index (χ1n) is 8.99. The Balaban J connectivity index is 1.54. The highest BCUT2D eigenvalue weighted by Crippen LogP contribution is 2.65. The maximum absolute atomic E-state index is 12.3. The largest absolute Gasteiger partial charge is 0.497 e. The number of ether oxygens (including phenoxy) is 1. The van der Waals surface area contributed by atoms with Crippen LogP contribution < -0.4 is 15.4 Å². The zero-order chi connectivity index (χ0) is 18.2. The zero-order valence-corrected chi connectivity index (χ0v) is 15.5. The SMILES string of the molecule is COc1cccc(C(=O)NCC(=O)NC2CC3CCC2(C)C3(C)C)c1. The van der Waals surface area contributed by atoms with Gasteiger partial charge < -0.3 is 15.4 Å². The minimum atomic E-state index is -0.270. The minimum absolute atomic E-state index is 0.00623. The first-order valence-corrected chi connectivity index (χ1v) is 8.99. The molecule has 2 aliphatic rings. The van der Waals surface area contributed by atoms with Gasteiger partial charge in [-0.15, -0.1) is 0 Å². The molecule has 3 atom stereocenters. The van der Waals surface area contributed by atoms with E-state index in [-0.39, 0.29) is 35.2 Å². The molecule has 2 amide bonds. The second-order valence-corrected chi connectivity index (χ2v) is 8.15. The van der Waals surface area contributed by atoms with Crippen LogP contribution in [0.5, 0.6) is 5.75 Å². The Morgan fingerprint density at radius 1 is 1.28 bits per heavy atom. The molecule has 0 heterocycles. The number of methoxy groups -OCH3 is 1. The molecule has 0 radical (unpaired) electrons. The van der Waals surface area contributed by atoms with Gasteiger partial charge >= 0.3 is 0 Å². The number of carbonyl (C=O) groups excluding carboxylic acids is 2. The normalized spacial score (nSPS) is 29.3. The summed E-state index contributed by atoms with van der Waals surface area (Å²) < 4.78 is 5.12. The van der Waals surface area contributed by atoms with Gasteiger partial charge in [0.25, 0.3) is 5.91 Å². The van der Waals surface area contributed by atoms with Crippen molar-refractivity contribution in [2.24, 2.45) is 16.7 Å². The fourth-order valence-electron chi connectivity index (χ4n) is 4.69. The first kappa shape index (κ1) is 17.8. The molecule has 2 fully saturated rings. The van der Waals surface area contributed by atoms with Crippen LogP contribution in [0.1, 0.15) is 50.4 Å². The maximum Gasteiger partial charge on any atom is 0.251 e. The number of fused-ring (bicyclic) bond motifs is 2. The lowest BCUT2D eigenvalue weighted by molar-refractivity contribution is -0.121. The molecule has 25 heavy (non-hydrogen) atoms. The molecule has 1 aromatic rings. The van der Waals surface area contributed by atoms with E-state index in [4.69, 9.17) is 4.74 Å². The summed E-state index contributed by atoms with van der Waals surface area (Å²) in [5.74, 6) is 0.905. The van der Waals surface area contributed by atoms with Crippen LogP contribution in [0.15, 0.2) is 24.3 Å². The molecular formula is C20H28N2O3. The number of carbonyl (C=O) groups is 2. The van der Waals surface area contributed by atoms with Crippen molar-refractivity contribution in [3.63, 3.8) is 0 Å². The van der Waals surface area contributed by atoms with Crippen LogP contribution in [-0.2, 0) is 4.79 Å². The van der Waals surface area contributed by atoms with Gasteiger partial charge in [0.15, 0.2) is 0 Å². The molecule has 5 nitrogen and oxygen atoms in total. The van der Waals surface area contributed by atoms with Crippen molar-refractivity contribution in [1.82, 2.24) is 10.6 Å². The highest BCUT2D eigenvalue weighted by Gasteiger charge is 2.61. The predicted molar refractivity (Wildman–Crippen MR) is 96.5 cm³/mol. The summed E-state index contributed by atoms with van der Waals surface area (Å²) in [6.45, 7) is 6.93. The zero-order valence-electron chi connectivity index (χ0n) is 15.5. The molecule has 2 bridgehead atoms. The quantitative estimate of drug-likeness (QED) is 0.863. The fraction of sp³-hybridized carbons (Fsp3) is 0.600. The van der Waals surface area contributed by atoms with E-state index >= 15 is 0 Å². The molecule has 0 aromatic heterocycles. The summed E-state index contributed by atoms with van der Waals surface area (Å²) in [5, 5.41) is 5.85. The molecule has 0 spiro atoms. The molecule has 2 aliphatic carbocycles. The van der Waals surface area contributed by atoms with E-state index in [2.05, 4.69) is 31.4 Å². The Labute approximate surface area is 149 Å². The van der Waals surface area contributed by atoms with Crippen LogP contribution >= 0.6 is 0 Å². The maximum atomic E-state index is 12.3. The van der Waals surface area contributed by atoms with Crippen molar-refractivity contribution >= 4 is 11.8 Å². The number of hydrogen-bond acceptors (Lipinski definition) is 3. The third kappa shape index (κ3) is 3.00. The van der Waals surface area contributed by atoms with E-state index in [0.29, 0.717) is 17.2 Å². The van der Waals surface area contributed by atoms with Crippen molar-refractivity contribution in [1.29, 1.82) is 0 Å². The van der Waals surface area contributed by atoms with Crippen LogP contribution in [0.4, 0.5) is 0 Å². The van der Waals surface area contributed by atoms with E-state index in [0.717, 1.165) is 12.8 Å². The van der Waals surface area contributed by atoms with Gasteiger partial charge in [-0.25, -0.2) is 0 Å². The average molecular weight is 344 g/mol. The third-order valence-corrected chi connectivity index (χ3v) is 6.87. The van der Waals surface area contributed by atoms with Crippen LogP contribution in [0.2, 0.25) is 0 Å². The second-order valence-electron chi connectivity index (χ2n) is 8.15. The van der Waals surface area contributed by atoms with Gasteiger partial charge in [0.2, 0.25) is 5.91 Å². The number of amides is 2. The van der Waals surface area contributed by atoms with Gasteiger partial charge in [0.1, 0.15) is 5.75 Å². The summed E-state index contributed by atoms with van der Waals surface area (Å²) >= 11 is 0. The monoisotopic (exact) mass is 344 g/mol. The summed E-state index contributed by atoms with van der Waals surface area (Å²) in [6, 6.07) is 7.09. The van der Waals surface area contributed by atoms with Crippen LogP contribution in [0.25, 0.3) is 0 Å². The van der Waals surface area contributed by atoms with Crippen molar-refractivity contribution in [2.75, 3.05) is 13.7 Å². The number of benzene rings is 1. The van der Waals surface area contributed by atoms with Crippen molar-refractivity contribution in [3.8, 4) is 5.75 Å². The van der Waals surface area contributed by atoms with E-state index < -0.39 is 0 Å². The molecule has 0 aliphatic heterocycles. The van der Waals surface area contributed by atoms with Crippen LogP contribution in [0, 0.1) is 16.7 Å². The minimum Gasteiger partial charge on any atom is -0.497 e. The van der Waals surface area contributed by atoms with E-state index in [9.17, 15) is 9.59 Å². The number of nitrogens with one attached hydrogen (secondary N) is 2.